The standard InChI is InChI=1S/C9H13N3/c1-3-12(2)9-6-4-8(11-10)5-7-9/h4-7,10H,3H2,1-2H3. The van der Waals surface area contributed by atoms with E-state index in [1.54, 1.807) is 0 Å². The Morgan fingerprint density at radius 3 is 2.33 bits per heavy atom. The van der Waals surface area contributed by atoms with E-state index in [0.717, 1.165) is 12.2 Å². The normalized spacial score (nSPS) is 9.50. The van der Waals surface area contributed by atoms with Gasteiger partial charge in [-0.25, -0.2) is 5.53 Å². The largest absolute Gasteiger partial charge is 0.375 e. The van der Waals surface area contributed by atoms with Crippen LogP contribution in [0.5, 0.6) is 0 Å². The third-order valence-corrected chi connectivity index (χ3v) is 1.89. The zero-order valence-electron chi connectivity index (χ0n) is 7.41. The van der Waals surface area contributed by atoms with E-state index in [-0.39, 0.29) is 0 Å². The molecular formula is C9H13N3. The second kappa shape index (κ2) is 3.85. The first kappa shape index (κ1) is 8.71. The SMILES string of the molecule is CCN(C)c1ccc(N=N)cc1. The van der Waals surface area contributed by atoms with Gasteiger partial charge in [0.2, 0.25) is 0 Å². The quantitative estimate of drug-likeness (QED) is 0.684. The molecule has 3 heteroatoms. The summed E-state index contributed by atoms with van der Waals surface area (Å²) in [7, 11) is 2.03. The first-order chi connectivity index (χ1) is 5.77. The summed E-state index contributed by atoms with van der Waals surface area (Å²) in [5.41, 5.74) is 8.63. The van der Waals surface area contributed by atoms with Crippen molar-refractivity contribution in [2.45, 2.75) is 6.92 Å². The Labute approximate surface area is 72.5 Å². The molecule has 12 heavy (non-hydrogen) atoms. The van der Waals surface area contributed by atoms with Crippen molar-refractivity contribution in [1.29, 1.82) is 5.53 Å². The smallest absolute Gasteiger partial charge is 0.0851 e. The van der Waals surface area contributed by atoms with Crippen LogP contribution in [0.4, 0.5) is 11.4 Å². The molecule has 0 aliphatic rings. The third-order valence-electron chi connectivity index (χ3n) is 1.89. The van der Waals surface area contributed by atoms with Gasteiger partial charge in [0.25, 0.3) is 0 Å². The Balaban J connectivity index is 2.84. The van der Waals surface area contributed by atoms with Crippen LogP contribution in [0.25, 0.3) is 0 Å². The highest BCUT2D eigenvalue weighted by Gasteiger charge is 1.96. The van der Waals surface area contributed by atoms with Gasteiger partial charge in [0.15, 0.2) is 0 Å². The molecule has 1 rings (SSSR count). The van der Waals surface area contributed by atoms with Crippen molar-refractivity contribution >= 4 is 11.4 Å². The van der Waals surface area contributed by atoms with Gasteiger partial charge in [0.05, 0.1) is 5.69 Å². The summed E-state index contributed by atoms with van der Waals surface area (Å²) in [5.74, 6) is 0. The van der Waals surface area contributed by atoms with Gasteiger partial charge in [-0.3, -0.25) is 0 Å². The summed E-state index contributed by atoms with van der Waals surface area (Å²) in [5, 5.41) is 3.33. The third kappa shape index (κ3) is 1.81. The van der Waals surface area contributed by atoms with Gasteiger partial charge in [0.1, 0.15) is 0 Å². The van der Waals surface area contributed by atoms with E-state index in [2.05, 4.69) is 16.9 Å². The highest BCUT2D eigenvalue weighted by Crippen LogP contribution is 2.17. The second-order valence-corrected chi connectivity index (χ2v) is 2.64. The van der Waals surface area contributed by atoms with E-state index in [1.807, 2.05) is 31.3 Å². The zero-order valence-corrected chi connectivity index (χ0v) is 7.41. The lowest BCUT2D eigenvalue weighted by Gasteiger charge is -2.16. The molecule has 0 bridgehead atoms. The molecule has 0 saturated carbocycles. The Bertz CT molecular complexity index is 253. The van der Waals surface area contributed by atoms with Crippen LogP contribution in [0, 0.1) is 5.53 Å². The van der Waals surface area contributed by atoms with Gasteiger partial charge >= 0.3 is 0 Å². The number of hydrogen-bond acceptors (Lipinski definition) is 3. The second-order valence-electron chi connectivity index (χ2n) is 2.64. The van der Waals surface area contributed by atoms with Crippen molar-refractivity contribution in [1.82, 2.24) is 0 Å². The summed E-state index contributed by atoms with van der Waals surface area (Å²) in [6.45, 7) is 3.08. The molecule has 3 nitrogen and oxygen atoms in total. The van der Waals surface area contributed by atoms with E-state index < -0.39 is 0 Å². The minimum absolute atomic E-state index is 0.697. The molecule has 1 aromatic rings. The average molecular weight is 163 g/mol. The molecule has 0 aromatic heterocycles. The van der Waals surface area contributed by atoms with Crippen LogP contribution in [0.1, 0.15) is 6.92 Å². The minimum atomic E-state index is 0.697. The van der Waals surface area contributed by atoms with E-state index in [1.165, 1.54) is 0 Å². The van der Waals surface area contributed by atoms with Crippen molar-refractivity contribution in [3.8, 4) is 0 Å². The first-order valence-electron chi connectivity index (χ1n) is 3.96. The van der Waals surface area contributed by atoms with Crippen molar-refractivity contribution in [3.05, 3.63) is 24.3 Å². The molecule has 0 atom stereocenters. The lowest BCUT2D eigenvalue weighted by molar-refractivity contribution is 0.968. The molecule has 1 N–H and O–H groups in total. The van der Waals surface area contributed by atoms with Gasteiger partial charge in [-0.2, -0.15) is 5.11 Å². The van der Waals surface area contributed by atoms with Crippen LogP contribution < -0.4 is 4.90 Å². The Kier molecular flexibility index (Phi) is 2.80. The number of anilines is 1. The summed E-state index contributed by atoms with van der Waals surface area (Å²) in [4.78, 5) is 2.13. The molecule has 0 heterocycles. The first-order valence-corrected chi connectivity index (χ1v) is 3.96. The molecule has 0 aliphatic carbocycles. The molecule has 0 fully saturated rings. The van der Waals surface area contributed by atoms with Gasteiger partial charge in [0, 0.05) is 19.3 Å². The maximum absolute atomic E-state index is 6.78. The number of nitrogens with zero attached hydrogens (tertiary/aromatic N) is 2. The number of nitrogens with one attached hydrogen (secondary N) is 1. The molecule has 64 valence electrons. The molecule has 0 unspecified atom stereocenters. The van der Waals surface area contributed by atoms with Crippen LogP contribution in [0.15, 0.2) is 29.4 Å². The number of rotatable bonds is 3. The van der Waals surface area contributed by atoms with Gasteiger partial charge in [-0.1, -0.05) is 0 Å². The van der Waals surface area contributed by atoms with Crippen LogP contribution in [0.2, 0.25) is 0 Å². The van der Waals surface area contributed by atoms with Gasteiger partial charge in [-0.05, 0) is 31.2 Å². The predicted molar refractivity (Wildman–Crippen MR) is 50.2 cm³/mol. The Morgan fingerprint density at radius 1 is 1.33 bits per heavy atom. The Hall–Kier alpha value is -1.38. The van der Waals surface area contributed by atoms with E-state index >= 15 is 0 Å². The fourth-order valence-electron chi connectivity index (χ4n) is 0.964. The Morgan fingerprint density at radius 2 is 1.92 bits per heavy atom. The molecule has 0 amide bonds. The van der Waals surface area contributed by atoms with E-state index in [0.29, 0.717) is 5.69 Å². The zero-order chi connectivity index (χ0) is 8.97. The molecule has 0 spiro atoms. The fourth-order valence-corrected chi connectivity index (χ4v) is 0.964. The van der Waals surface area contributed by atoms with Crippen molar-refractivity contribution in [3.63, 3.8) is 0 Å². The lowest BCUT2D eigenvalue weighted by Crippen LogP contribution is -2.15. The maximum atomic E-state index is 6.78. The summed E-state index contributed by atoms with van der Waals surface area (Å²) < 4.78 is 0. The summed E-state index contributed by atoms with van der Waals surface area (Å²) in [6.07, 6.45) is 0. The molecule has 0 radical (unpaired) electrons. The van der Waals surface area contributed by atoms with E-state index in [4.69, 9.17) is 5.53 Å². The molecule has 0 saturated heterocycles. The van der Waals surface area contributed by atoms with Crippen molar-refractivity contribution in [2.24, 2.45) is 5.11 Å². The number of hydrogen-bond donors (Lipinski definition) is 1. The predicted octanol–water partition coefficient (Wildman–Crippen LogP) is 2.81. The summed E-state index contributed by atoms with van der Waals surface area (Å²) >= 11 is 0. The minimum Gasteiger partial charge on any atom is -0.375 e. The van der Waals surface area contributed by atoms with Gasteiger partial charge < -0.3 is 4.90 Å². The van der Waals surface area contributed by atoms with Crippen LogP contribution in [-0.4, -0.2) is 13.6 Å². The van der Waals surface area contributed by atoms with E-state index in [9.17, 15) is 0 Å². The fraction of sp³-hybridized carbons (Fsp3) is 0.333. The maximum Gasteiger partial charge on any atom is 0.0851 e. The van der Waals surface area contributed by atoms with Crippen molar-refractivity contribution in [2.75, 3.05) is 18.5 Å². The van der Waals surface area contributed by atoms with Crippen LogP contribution in [-0.2, 0) is 0 Å². The molecule has 0 aliphatic heterocycles. The number of benzene rings is 1. The van der Waals surface area contributed by atoms with Crippen LogP contribution >= 0.6 is 0 Å². The highest BCUT2D eigenvalue weighted by molar-refractivity contribution is 5.51. The summed E-state index contributed by atoms with van der Waals surface area (Å²) in [6, 6.07) is 7.62. The van der Waals surface area contributed by atoms with Gasteiger partial charge in [-0.15, -0.1) is 0 Å². The molecule has 1 aromatic carbocycles. The topological polar surface area (TPSA) is 39.5 Å². The average Bonchev–Trinajstić information content (AvgIpc) is 2.17. The molecular weight excluding hydrogens is 150 g/mol. The monoisotopic (exact) mass is 163 g/mol. The lowest BCUT2D eigenvalue weighted by atomic mass is 10.2. The van der Waals surface area contributed by atoms with Crippen molar-refractivity contribution < 1.29 is 0 Å². The van der Waals surface area contributed by atoms with Crippen LogP contribution in [0.3, 0.4) is 0 Å². The highest BCUT2D eigenvalue weighted by atomic mass is 15.1.